The Morgan fingerprint density at radius 1 is 0.833 bits per heavy atom. The average molecular weight is 530 g/mol. The highest BCUT2D eigenvalue weighted by Crippen LogP contribution is 2.48. The molecule has 0 saturated carbocycles. The highest BCUT2D eigenvalue weighted by Gasteiger charge is 2.28. The van der Waals surface area contributed by atoms with Gasteiger partial charge in [0.25, 0.3) is 20.2 Å². The van der Waals surface area contributed by atoms with Gasteiger partial charge in [0.2, 0.25) is 0 Å². The number of phenols is 1. The predicted molar refractivity (Wildman–Crippen MR) is 131 cm³/mol. The molecule has 0 spiro atoms. The molecule has 0 aliphatic heterocycles. The van der Waals surface area contributed by atoms with Gasteiger partial charge in [-0.15, -0.1) is 10.2 Å². The molecule has 5 N–H and O–H groups in total. The minimum absolute atomic E-state index is 0.233. The second-order valence-corrected chi connectivity index (χ2v) is 10.4. The second-order valence-electron chi connectivity index (χ2n) is 7.62. The Balaban J connectivity index is 2.02. The summed E-state index contributed by atoms with van der Waals surface area (Å²) in [5, 5.41) is 26.1. The lowest BCUT2D eigenvalue weighted by atomic mass is 10.1. The van der Waals surface area contributed by atoms with E-state index in [1.165, 1.54) is 0 Å². The summed E-state index contributed by atoms with van der Waals surface area (Å²) >= 11 is 0. The number of hydrogen-bond acceptors (Lipinski definition) is 10. The molecule has 0 bridgehead atoms. The van der Waals surface area contributed by atoms with Crippen molar-refractivity contribution in [2.24, 2.45) is 20.5 Å². The molecule has 0 radical (unpaired) electrons. The Morgan fingerprint density at radius 3 is 2.03 bits per heavy atom. The third kappa shape index (κ3) is 5.16. The van der Waals surface area contributed by atoms with E-state index in [2.05, 4.69) is 20.5 Å². The van der Waals surface area contributed by atoms with Crippen molar-refractivity contribution >= 4 is 53.8 Å². The maximum absolute atomic E-state index is 12.1. The maximum atomic E-state index is 12.1. The van der Waals surface area contributed by atoms with Crippen molar-refractivity contribution in [3.63, 3.8) is 0 Å². The van der Waals surface area contributed by atoms with Crippen LogP contribution in [0.1, 0.15) is 12.8 Å². The van der Waals surface area contributed by atoms with E-state index in [4.69, 9.17) is 5.73 Å². The lowest BCUT2D eigenvalue weighted by Crippen LogP contribution is -2.03. The zero-order valence-electron chi connectivity index (χ0n) is 18.3. The summed E-state index contributed by atoms with van der Waals surface area (Å²) in [4.78, 5) is -1.64. The van der Waals surface area contributed by atoms with Crippen molar-refractivity contribution in [2.75, 3.05) is 5.73 Å². The number of nitrogen functional groups attached to an aromatic ring is 1. The first-order valence-electron chi connectivity index (χ1n) is 10.3. The van der Waals surface area contributed by atoms with Crippen molar-refractivity contribution in [3.8, 4) is 5.75 Å². The molecule has 0 aromatic heterocycles. The number of fused-ring (bicyclic) bond motifs is 1. The van der Waals surface area contributed by atoms with E-state index in [0.29, 0.717) is 24.2 Å². The fourth-order valence-corrected chi connectivity index (χ4v) is 4.82. The fraction of sp³-hybridized carbons (Fsp3) is 0.0909. The smallest absolute Gasteiger partial charge is 0.296 e. The molecule has 12 nitrogen and oxygen atoms in total. The van der Waals surface area contributed by atoms with Gasteiger partial charge in [-0.3, -0.25) is 9.11 Å². The van der Waals surface area contributed by atoms with Crippen molar-refractivity contribution in [2.45, 2.75) is 22.6 Å². The number of anilines is 1. The normalized spacial score (nSPS) is 14.7. The number of allylic oxidation sites excluding steroid dienone is 4. The van der Waals surface area contributed by atoms with E-state index in [1.807, 2.05) is 6.08 Å². The van der Waals surface area contributed by atoms with Gasteiger partial charge >= 0.3 is 0 Å². The van der Waals surface area contributed by atoms with Crippen molar-refractivity contribution < 1.29 is 31.0 Å². The van der Waals surface area contributed by atoms with Crippen LogP contribution in [0.3, 0.4) is 0 Å². The first-order valence-corrected chi connectivity index (χ1v) is 13.2. The van der Waals surface area contributed by atoms with Crippen LogP contribution in [-0.2, 0) is 20.2 Å². The van der Waals surface area contributed by atoms with E-state index in [1.54, 1.807) is 42.5 Å². The molecular weight excluding hydrogens is 510 g/mol. The summed E-state index contributed by atoms with van der Waals surface area (Å²) in [6, 6.07) is 9.93. The van der Waals surface area contributed by atoms with Gasteiger partial charge in [0.05, 0.1) is 22.5 Å². The maximum Gasteiger partial charge on any atom is 0.296 e. The Bertz CT molecular complexity index is 1700. The molecule has 1 aliphatic rings. The van der Waals surface area contributed by atoms with Gasteiger partial charge in [-0.25, -0.2) is 0 Å². The molecule has 186 valence electrons. The number of hydrogen-bond donors (Lipinski definition) is 4. The van der Waals surface area contributed by atoms with Crippen LogP contribution in [0, 0.1) is 0 Å². The quantitative estimate of drug-likeness (QED) is 0.185. The third-order valence-electron chi connectivity index (χ3n) is 5.16. The first-order chi connectivity index (χ1) is 17.0. The van der Waals surface area contributed by atoms with E-state index in [9.17, 15) is 31.0 Å². The molecule has 36 heavy (non-hydrogen) atoms. The van der Waals surface area contributed by atoms with Gasteiger partial charge in [-0.2, -0.15) is 27.1 Å². The highest BCUT2D eigenvalue weighted by molar-refractivity contribution is 7.86. The molecule has 3 aromatic rings. The largest absolute Gasteiger partial charge is 0.505 e. The number of rotatable bonds is 6. The van der Waals surface area contributed by atoms with Crippen LogP contribution < -0.4 is 5.73 Å². The molecule has 0 fully saturated rings. The Hall–Kier alpha value is -3.98. The monoisotopic (exact) mass is 529 g/mol. The van der Waals surface area contributed by atoms with Gasteiger partial charge in [0.15, 0.2) is 5.75 Å². The second kappa shape index (κ2) is 9.58. The number of phenolic OH excluding ortho intramolecular Hbond substituents is 1. The van der Waals surface area contributed by atoms with Crippen LogP contribution in [0.15, 0.2) is 96.6 Å². The standard InChI is InChI=1S/C22H19N5O7S2/c23-19-18-13(11-16(35(29,30)31)20(19)26-24-14-7-3-1-4-8-14)12-17(36(32,33)34)21(22(18)28)27-25-15-9-5-2-6-10-15/h1-5,7-9,11-12,28H,6,10,23H2,(H,29,30,31)(H,32,33,34). The van der Waals surface area contributed by atoms with Crippen LogP contribution in [-0.4, -0.2) is 31.0 Å². The third-order valence-corrected chi connectivity index (χ3v) is 6.90. The van der Waals surface area contributed by atoms with Crippen LogP contribution in [0.4, 0.5) is 22.7 Å². The van der Waals surface area contributed by atoms with Gasteiger partial charge in [-0.1, -0.05) is 30.4 Å². The average Bonchev–Trinajstić information content (AvgIpc) is 2.82. The molecule has 0 unspecified atom stereocenters. The zero-order chi connectivity index (χ0) is 26.1. The van der Waals surface area contributed by atoms with Crippen molar-refractivity contribution in [1.82, 2.24) is 0 Å². The number of benzene rings is 3. The summed E-state index contributed by atoms with van der Waals surface area (Å²) in [6.07, 6.45) is 6.48. The number of aromatic hydroxyl groups is 1. The summed E-state index contributed by atoms with van der Waals surface area (Å²) in [5.41, 5.74) is 5.44. The van der Waals surface area contributed by atoms with E-state index < -0.39 is 52.8 Å². The number of nitrogens with zero attached hydrogens (tertiary/aromatic N) is 4. The lowest BCUT2D eigenvalue weighted by Gasteiger charge is -2.14. The van der Waals surface area contributed by atoms with Crippen molar-refractivity contribution in [1.29, 1.82) is 0 Å². The van der Waals surface area contributed by atoms with Crippen LogP contribution in [0.5, 0.6) is 5.75 Å². The molecule has 14 heteroatoms. The van der Waals surface area contributed by atoms with Crippen LogP contribution in [0.2, 0.25) is 0 Å². The predicted octanol–water partition coefficient (Wildman–Crippen LogP) is 5.35. The SMILES string of the molecule is Nc1c(N=Nc2ccccc2)c(S(=O)(=O)O)cc2cc(S(=O)(=O)O)c(N=NC3=CC=CCC3)c(O)c12. The van der Waals surface area contributed by atoms with E-state index in [-0.39, 0.29) is 10.8 Å². The topological polar surface area (TPSA) is 204 Å². The summed E-state index contributed by atoms with van der Waals surface area (Å²) in [7, 11) is -9.89. The van der Waals surface area contributed by atoms with Gasteiger partial charge in [0.1, 0.15) is 21.2 Å². The minimum Gasteiger partial charge on any atom is -0.505 e. The summed E-state index contributed by atoms with van der Waals surface area (Å²) < 4.78 is 67.9. The van der Waals surface area contributed by atoms with Crippen LogP contribution in [0.25, 0.3) is 10.8 Å². The summed E-state index contributed by atoms with van der Waals surface area (Å²) in [5.74, 6) is -0.800. The van der Waals surface area contributed by atoms with Crippen molar-refractivity contribution in [3.05, 3.63) is 66.4 Å². The van der Waals surface area contributed by atoms with Gasteiger partial charge < -0.3 is 10.8 Å². The van der Waals surface area contributed by atoms with E-state index in [0.717, 1.165) is 12.1 Å². The lowest BCUT2D eigenvalue weighted by molar-refractivity contribution is 0.472. The number of azo groups is 2. The molecular formula is C22H19N5O7S2. The highest BCUT2D eigenvalue weighted by atomic mass is 32.2. The number of nitrogens with two attached hydrogens (primary N) is 1. The molecule has 1 aliphatic carbocycles. The molecule has 4 rings (SSSR count). The zero-order valence-corrected chi connectivity index (χ0v) is 20.0. The molecule has 0 atom stereocenters. The Morgan fingerprint density at radius 2 is 1.44 bits per heavy atom. The molecule has 0 amide bonds. The molecule has 0 saturated heterocycles. The van der Waals surface area contributed by atoms with Gasteiger partial charge in [-0.05, 0) is 48.6 Å². The van der Waals surface area contributed by atoms with Gasteiger partial charge in [0, 0.05) is 0 Å². The first kappa shape index (κ1) is 25.1. The molecule has 0 heterocycles. The Kier molecular flexibility index (Phi) is 6.69. The molecule has 3 aromatic carbocycles. The van der Waals surface area contributed by atoms with Crippen LogP contribution >= 0.6 is 0 Å². The van der Waals surface area contributed by atoms with E-state index >= 15 is 0 Å². The minimum atomic E-state index is -4.96. The summed E-state index contributed by atoms with van der Waals surface area (Å²) in [6.45, 7) is 0. The Labute approximate surface area is 205 Å². The fourth-order valence-electron chi connectivity index (χ4n) is 3.49.